The number of carboxylic acids is 1. The van der Waals surface area contributed by atoms with Gasteiger partial charge in [0.2, 0.25) is 0 Å². The molecule has 2 heterocycles. The summed E-state index contributed by atoms with van der Waals surface area (Å²) in [6.07, 6.45) is 4.16. The topological polar surface area (TPSA) is 78.9 Å². The van der Waals surface area contributed by atoms with Gasteiger partial charge in [-0.05, 0) is 37.5 Å². The highest BCUT2D eigenvalue weighted by molar-refractivity contribution is 5.74. The number of carbonyl (C=O) groups is 2. The van der Waals surface area contributed by atoms with Crippen LogP contribution in [-0.2, 0) is 9.53 Å². The lowest BCUT2D eigenvalue weighted by atomic mass is 10.0. The molecule has 1 aliphatic carbocycles. The molecule has 0 aromatic rings. The third kappa shape index (κ3) is 2.75. The quantitative estimate of drug-likeness (QED) is 0.811. The summed E-state index contributed by atoms with van der Waals surface area (Å²) in [6, 6.07) is -0.0261. The summed E-state index contributed by atoms with van der Waals surface area (Å²) >= 11 is 0. The zero-order valence-electron chi connectivity index (χ0n) is 11.6. The van der Waals surface area contributed by atoms with Crippen LogP contribution >= 0.6 is 0 Å². The molecule has 4 atom stereocenters. The SMILES string of the molecule is O=C(O)C1CCC(CNC(=O)N2CC3CCCC3C2)O1. The first-order valence-corrected chi connectivity index (χ1v) is 7.54. The van der Waals surface area contributed by atoms with E-state index in [2.05, 4.69) is 5.32 Å². The lowest BCUT2D eigenvalue weighted by Gasteiger charge is -2.19. The second-order valence-electron chi connectivity index (χ2n) is 6.20. The Morgan fingerprint density at radius 2 is 1.85 bits per heavy atom. The van der Waals surface area contributed by atoms with Crippen LogP contribution in [0.1, 0.15) is 32.1 Å². The van der Waals surface area contributed by atoms with E-state index in [0.29, 0.717) is 31.2 Å². The molecule has 6 heteroatoms. The fourth-order valence-corrected chi connectivity index (χ4v) is 3.75. The van der Waals surface area contributed by atoms with Crippen LogP contribution in [0, 0.1) is 11.8 Å². The van der Waals surface area contributed by atoms with E-state index in [1.807, 2.05) is 4.90 Å². The molecule has 0 bridgehead atoms. The summed E-state index contributed by atoms with van der Waals surface area (Å²) in [5, 5.41) is 11.7. The first-order valence-electron chi connectivity index (χ1n) is 7.54. The van der Waals surface area contributed by atoms with Crippen molar-refractivity contribution in [1.29, 1.82) is 0 Å². The molecule has 1 saturated carbocycles. The number of nitrogens with one attached hydrogen (secondary N) is 1. The molecule has 0 radical (unpaired) electrons. The second kappa shape index (κ2) is 5.60. The maximum absolute atomic E-state index is 12.1. The molecule has 0 spiro atoms. The summed E-state index contributed by atoms with van der Waals surface area (Å²) < 4.78 is 5.38. The van der Waals surface area contributed by atoms with Crippen LogP contribution in [0.2, 0.25) is 0 Å². The Morgan fingerprint density at radius 3 is 2.45 bits per heavy atom. The van der Waals surface area contributed by atoms with E-state index < -0.39 is 12.1 Å². The van der Waals surface area contributed by atoms with Crippen LogP contribution in [0.4, 0.5) is 4.79 Å². The molecule has 6 nitrogen and oxygen atoms in total. The molecule has 2 N–H and O–H groups in total. The third-order valence-electron chi connectivity index (χ3n) is 4.88. The van der Waals surface area contributed by atoms with Gasteiger partial charge in [0.15, 0.2) is 6.10 Å². The van der Waals surface area contributed by atoms with Gasteiger partial charge >= 0.3 is 12.0 Å². The Bertz CT molecular complexity index is 389. The standard InChI is InChI=1S/C14H22N2O4/c17-13(18)12-5-4-11(20-12)6-15-14(19)16-7-9-2-1-3-10(9)8-16/h9-12H,1-8H2,(H,15,19)(H,17,18). The van der Waals surface area contributed by atoms with Crippen LogP contribution in [0.5, 0.6) is 0 Å². The van der Waals surface area contributed by atoms with Crippen molar-refractivity contribution in [3.05, 3.63) is 0 Å². The fraction of sp³-hybridized carbons (Fsp3) is 0.857. The highest BCUT2D eigenvalue weighted by atomic mass is 16.5. The Kier molecular flexibility index (Phi) is 3.83. The molecule has 2 aliphatic heterocycles. The largest absolute Gasteiger partial charge is 0.479 e. The number of ether oxygens (including phenoxy) is 1. The minimum Gasteiger partial charge on any atom is -0.479 e. The number of rotatable bonds is 3. The predicted molar refractivity (Wildman–Crippen MR) is 71.3 cm³/mol. The monoisotopic (exact) mass is 282 g/mol. The molecule has 3 aliphatic rings. The van der Waals surface area contributed by atoms with Crippen molar-refractivity contribution in [3.63, 3.8) is 0 Å². The second-order valence-corrected chi connectivity index (χ2v) is 6.20. The maximum Gasteiger partial charge on any atom is 0.332 e. The number of hydrogen-bond acceptors (Lipinski definition) is 3. The van der Waals surface area contributed by atoms with Gasteiger partial charge in [-0.1, -0.05) is 6.42 Å². The predicted octanol–water partition coefficient (Wildman–Crippen LogP) is 1.06. The number of fused-ring (bicyclic) bond motifs is 1. The number of hydrogen-bond donors (Lipinski definition) is 2. The van der Waals surface area contributed by atoms with Crippen LogP contribution < -0.4 is 5.32 Å². The van der Waals surface area contributed by atoms with Gasteiger partial charge in [-0.15, -0.1) is 0 Å². The van der Waals surface area contributed by atoms with Gasteiger partial charge in [-0.3, -0.25) is 0 Å². The molecular formula is C14H22N2O4. The molecule has 2 amide bonds. The van der Waals surface area contributed by atoms with Crippen molar-refractivity contribution in [3.8, 4) is 0 Å². The van der Waals surface area contributed by atoms with E-state index in [-0.39, 0.29) is 12.1 Å². The zero-order chi connectivity index (χ0) is 14.1. The molecule has 0 aromatic carbocycles. The molecule has 0 aromatic heterocycles. The molecule has 3 fully saturated rings. The number of amides is 2. The summed E-state index contributed by atoms with van der Waals surface area (Å²) in [4.78, 5) is 24.8. The average Bonchev–Trinajstić information content (AvgIpc) is 3.10. The molecular weight excluding hydrogens is 260 g/mol. The minimum absolute atomic E-state index is 0.0261. The van der Waals surface area contributed by atoms with Crippen molar-refractivity contribution in [2.45, 2.75) is 44.3 Å². The molecule has 4 unspecified atom stereocenters. The van der Waals surface area contributed by atoms with Gasteiger partial charge in [0, 0.05) is 19.6 Å². The van der Waals surface area contributed by atoms with Crippen LogP contribution in [0.15, 0.2) is 0 Å². The van der Waals surface area contributed by atoms with Crippen LogP contribution in [0.3, 0.4) is 0 Å². The smallest absolute Gasteiger partial charge is 0.332 e. The highest BCUT2D eigenvalue weighted by Gasteiger charge is 2.38. The van der Waals surface area contributed by atoms with Crippen molar-refractivity contribution < 1.29 is 19.4 Å². The lowest BCUT2D eigenvalue weighted by molar-refractivity contribution is -0.149. The van der Waals surface area contributed by atoms with Gasteiger partial charge in [0.25, 0.3) is 0 Å². The number of likely N-dealkylation sites (tertiary alicyclic amines) is 1. The first-order chi connectivity index (χ1) is 9.63. The van der Waals surface area contributed by atoms with Gasteiger partial charge in [0.05, 0.1) is 6.10 Å². The van der Waals surface area contributed by atoms with Gasteiger partial charge < -0.3 is 20.1 Å². The number of nitrogens with zero attached hydrogens (tertiary/aromatic N) is 1. The summed E-state index contributed by atoms with van der Waals surface area (Å²) in [5.74, 6) is 0.478. The third-order valence-corrected chi connectivity index (χ3v) is 4.88. The molecule has 20 heavy (non-hydrogen) atoms. The zero-order valence-corrected chi connectivity index (χ0v) is 11.6. The van der Waals surface area contributed by atoms with E-state index in [9.17, 15) is 9.59 Å². The van der Waals surface area contributed by atoms with E-state index in [1.165, 1.54) is 19.3 Å². The normalized spacial score (nSPS) is 36.1. The molecule has 2 saturated heterocycles. The first kappa shape index (κ1) is 13.7. The van der Waals surface area contributed by atoms with Crippen molar-refractivity contribution in [2.75, 3.05) is 19.6 Å². The van der Waals surface area contributed by atoms with E-state index >= 15 is 0 Å². The van der Waals surface area contributed by atoms with Gasteiger partial charge in [-0.2, -0.15) is 0 Å². The Hall–Kier alpha value is -1.30. The van der Waals surface area contributed by atoms with Crippen molar-refractivity contribution in [1.82, 2.24) is 10.2 Å². The lowest BCUT2D eigenvalue weighted by Crippen LogP contribution is -2.42. The fourth-order valence-electron chi connectivity index (χ4n) is 3.75. The van der Waals surface area contributed by atoms with Gasteiger partial charge in [-0.25, -0.2) is 9.59 Å². The van der Waals surface area contributed by atoms with Crippen LogP contribution in [0.25, 0.3) is 0 Å². The van der Waals surface area contributed by atoms with Crippen LogP contribution in [-0.4, -0.2) is 53.8 Å². The van der Waals surface area contributed by atoms with E-state index in [0.717, 1.165) is 13.1 Å². The molecule has 3 rings (SSSR count). The summed E-state index contributed by atoms with van der Waals surface area (Å²) in [5.41, 5.74) is 0. The molecule has 112 valence electrons. The Labute approximate surface area is 118 Å². The summed E-state index contributed by atoms with van der Waals surface area (Å²) in [7, 11) is 0. The van der Waals surface area contributed by atoms with Gasteiger partial charge in [0.1, 0.15) is 0 Å². The summed E-state index contributed by atoms with van der Waals surface area (Å²) in [6.45, 7) is 2.16. The average molecular weight is 282 g/mol. The number of aliphatic carboxylic acids is 1. The maximum atomic E-state index is 12.1. The van der Waals surface area contributed by atoms with E-state index in [1.54, 1.807) is 0 Å². The van der Waals surface area contributed by atoms with E-state index in [4.69, 9.17) is 9.84 Å². The highest BCUT2D eigenvalue weighted by Crippen LogP contribution is 2.37. The van der Waals surface area contributed by atoms with Crippen molar-refractivity contribution in [2.24, 2.45) is 11.8 Å². The Balaban J connectivity index is 1.41. The Morgan fingerprint density at radius 1 is 1.15 bits per heavy atom. The van der Waals surface area contributed by atoms with Crippen molar-refractivity contribution >= 4 is 12.0 Å². The number of carboxylic acid groups (broad SMARTS) is 1. The number of urea groups is 1. The number of carbonyl (C=O) groups excluding carboxylic acids is 1. The minimum atomic E-state index is -0.911.